The van der Waals surface area contributed by atoms with E-state index in [0.717, 1.165) is 34.3 Å². The molecule has 3 rings (SSSR count). The molecule has 2 nitrogen and oxygen atoms in total. The minimum absolute atomic E-state index is 0.738. The van der Waals surface area contributed by atoms with Crippen molar-refractivity contribution < 1.29 is 0 Å². The van der Waals surface area contributed by atoms with Gasteiger partial charge in [0.25, 0.3) is 0 Å². The number of fused-ring (bicyclic) bond motifs is 1. The van der Waals surface area contributed by atoms with Crippen LogP contribution in [0.2, 0.25) is 5.02 Å². The maximum Gasteiger partial charge on any atom is 0.0737 e. The van der Waals surface area contributed by atoms with Crippen LogP contribution >= 0.6 is 11.6 Å². The van der Waals surface area contributed by atoms with Crippen LogP contribution in [0.15, 0.2) is 30.5 Å². The topological polar surface area (TPSA) is 24.9 Å². The van der Waals surface area contributed by atoms with Gasteiger partial charge in [-0.1, -0.05) is 31.4 Å². The van der Waals surface area contributed by atoms with Gasteiger partial charge in [-0.3, -0.25) is 4.98 Å². The van der Waals surface area contributed by atoms with E-state index in [4.69, 9.17) is 11.6 Å². The summed E-state index contributed by atoms with van der Waals surface area (Å²) in [6.07, 6.45) is 5.95. The molecule has 19 heavy (non-hydrogen) atoms. The SMILES string of the molecule is CC1CCCC1CNc1ccnc2cc(Cl)ccc12. The third-order valence-electron chi connectivity index (χ3n) is 4.30. The van der Waals surface area contributed by atoms with Gasteiger partial charge in [-0.15, -0.1) is 0 Å². The fraction of sp³-hybridized carbons (Fsp3) is 0.438. The Hall–Kier alpha value is -1.28. The summed E-state index contributed by atoms with van der Waals surface area (Å²) >= 11 is 6.01. The molecule has 100 valence electrons. The van der Waals surface area contributed by atoms with E-state index < -0.39 is 0 Å². The highest BCUT2D eigenvalue weighted by molar-refractivity contribution is 6.31. The molecule has 1 aromatic carbocycles. The van der Waals surface area contributed by atoms with Gasteiger partial charge in [0.2, 0.25) is 0 Å². The van der Waals surface area contributed by atoms with Crippen molar-refractivity contribution in [2.24, 2.45) is 11.8 Å². The number of pyridine rings is 1. The minimum Gasteiger partial charge on any atom is -0.384 e. The molecule has 0 saturated heterocycles. The number of nitrogens with zero attached hydrogens (tertiary/aromatic N) is 1. The fourth-order valence-corrected chi connectivity index (χ4v) is 3.21. The molecule has 2 atom stereocenters. The maximum absolute atomic E-state index is 6.01. The number of hydrogen-bond acceptors (Lipinski definition) is 2. The largest absolute Gasteiger partial charge is 0.384 e. The lowest BCUT2D eigenvalue weighted by Crippen LogP contribution is -2.16. The number of benzene rings is 1. The van der Waals surface area contributed by atoms with Crippen LogP contribution in [-0.4, -0.2) is 11.5 Å². The number of halogens is 1. The van der Waals surface area contributed by atoms with Crippen molar-refractivity contribution in [3.05, 3.63) is 35.5 Å². The maximum atomic E-state index is 6.01. The second-order valence-electron chi connectivity index (χ2n) is 5.57. The molecular formula is C16H19ClN2. The highest BCUT2D eigenvalue weighted by Gasteiger charge is 2.22. The molecule has 1 saturated carbocycles. The third kappa shape index (κ3) is 2.69. The summed E-state index contributed by atoms with van der Waals surface area (Å²) in [5.41, 5.74) is 2.12. The van der Waals surface area contributed by atoms with E-state index in [9.17, 15) is 0 Å². The highest BCUT2D eigenvalue weighted by Crippen LogP contribution is 2.32. The first-order valence-electron chi connectivity index (χ1n) is 7.02. The quantitative estimate of drug-likeness (QED) is 0.875. The van der Waals surface area contributed by atoms with E-state index in [1.807, 2.05) is 24.4 Å². The molecule has 2 aromatic rings. The Morgan fingerprint density at radius 3 is 3.00 bits per heavy atom. The molecule has 1 N–H and O–H groups in total. The molecule has 0 bridgehead atoms. The normalized spacial score (nSPS) is 22.8. The van der Waals surface area contributed by atoms with Crippen LogP contribution < -0.4 is 5.32 Å². The van der Waals surface area contributed by atoms with Crippen LogP contribution in [0.5, 0.6) is 0 Å². The molecule has 1 fully saturated rings. The van der Waals surface area contributed by atoms with Gasteiger partial charge in [0.15, 0.2) is 0 Å². The Bertz CT molecular complexity index is 582. The Morgan fingerprint density at radius 2 is 2.21 bits per heavy atom. The smallest absolute Gasteiger partial charge is 0.0737 e. The number of nitrogens with one attached hydrogen (secondary N) is 1. The van der Waals surface area contributed by atoms with Crippen LogP contribution in [-0.2, 0) is 0 Å². The second-order valence-corrected chi connectivity index (χ2v) is 6.01. The van der Waals surface area contributed by atoms with Crippen molar-refractivity contribution in [1.29, 1.82) is 0 Å². The van der Waals surface area contributed by atoms with Gasteiger partial charge >= 0.3 is 0 Å². The van der Waals surface area contributed by atoms with E-state index in [0.29, 0.717) is 0 Å². The number of aromatic nitrogens is 1. The first kappa shape index (κ1) is 12.7. The predicted molar refractivity (Wildman–Crippen MR) is 81.7 cm³/mol. The van der Waals surface area contributed by atoms with Gasteiger partial charge in [0.05, 0.1) is 5.52 Å². The Labute approximate surface area is 119 Å². The first-order chi connectivity index (χ1) is 9.24. The Kier molecular flexibility index (Phi) is 3.61. The molecule has 0 spiro atoms. The van der Waals surface area contributed by atoms with Crippen molar-refractivity contribution in [2.75, 3.05) is 11.9 Å². The predicted octanol–water partition coefficient (Wildman–Crippen LogP) is 4.74. The summed E-state index contributed by atoms with van der Waals surface area (Å²) in [6, 6.07) is 7.94. The summed E-state index contributed by atoms with van der Waals surface area (Å²) in [4.78, 5) is 4.37. The molecule has 1 aliphatic rings. The van der Waals surface area contributed by atoms with Crippen molar-refractivity contribution >= 4 is 28.2 Å². The van der Waals surface area contributed by atoms with Crippen LogP contribution in [0.25, 0.3) is 10.9 Å². The van der Waals surface area contributed by atoms with Crippen LogP contribution in [0.4, 0.5) is 5.69 Å². The Morgan fingerprint density at radius 1 is 1.32 bits per heavy atom. The summed E-state index contributed by atoms with van der Waals surface area (Å²) in [7, 11) is 0. The first-order valence-corrected chi connectivity index (χ1v) is 7.40. The molecule has 1 heterocycles. The lowest BCUT2D eigenvalue weighted by atomic mass is 9.98. The number of anilines is 1. The van der Waals surface area contributed by atoms with Gasteiger partial charge in [-0.2, -0.15) is 0 Å². The molecule has 0 aliphatic heterocycles. The van der Waals surface area contributed by atoms with E-state index in [-0.39, 0.29) is 0 Å². The zero-order valence-corrected chi connectivity index (χ0v) is 12.0. The van der Waals surface area contributed by atoms with Gasteiger partial charge in [0.1, 0.15) is 0 Å². The lowest BCUT2D eigenvalue weighted by molar-refractivity contribution is 0.440. The van der Waals surface area contributed by atoms with Crippen LogP contribution in [0.3, 0.4) is 0 Å². The molecule has 2 unspecified atom stereocenters. The summed E-state index contributed by atoms with van der Waals surface area (Å²) < 4.78 is 0. The van der Waals surface area contributed by atoms with E-state index >= 15 is 0 Å². The number of rotatable bonds is 3. The summed E-state index contributed by atoms with van der Waals surface area (Å²) in [5, 5.41) is 5.48. The van der Waals surface area contributed by atoms with E-state index in [1.165, 1.54) is 24.9 Å². The summed E-state index contributed by atoms with van der Waals surface area (Å²) in [6.45, 7) is 3.42. The fourth-order valence-electron chi connectivity index (χ4n) is 3.04. The average molecular weight is 275 g/mol. The number of hydrogen-bond donors (Lipinski definition) is 1. The monoisotopic (exact) mass is 274 g/mol. The van der Waals surface area contributed by atoms with Crippen LogP contribution in [0, 0.1) is 11.8 Å². The minimum atomic E-state index is 0.738. The van der Waals surface area contributed by atoms with Crippen LogP contribution in [0.1, 0.15) is 26.2 Å². The van der Waals surface area contributed by atoms with E-state index in [1.54, 1.807) is 0 Å². The third-order valence-corrected chi connectivity index (χ3v) is 4.53. The van der Waals surface area contributed by atoms with Gasteiger partial charge in [-0.05, 0) is 42.5 Å². The summed E-state index contributed by atoms with van der Waals surface area (Å²) in [5.74, 6) is 1.64. The molecule has 1 aliphatic carbocycles. The zero-order valence-electron chi connectivity index (χ0n) is 11.2. The standard InChI is InChI=1S/C16H19ClN2/c1-11-3-2-4-12(11)10-19-15-7-8-18-16-9-13(17)5-6-14(15)16/h5-9,11-12H,2-4,10H2,1H3,(H,18,19). The Balaban J connectivity index is 1.81. The molecule has 3 heteroatoms. The van der Waals surface area contributed by atoms with Crippen molar-refractivity contribution in [2.45, 2.75) is 26.2 Å². The highest BCUT2D eigenvalue weighted by atomic mass is 35.5. The zero-order chi connectivity index (χ0) is 13.2. The second kappa shape index (κ2) is 5.38. The van der Waals surface area contributed by atoms with E-state index in [2.05, 4.69) is 23.3 Å². The van der Waals surface area contributed by atoms with Crippen molar-refractivity contribution in [1.82, 2.24) is 4.98 Å². The molecule has 1 aromatic heterocycles. The van der Waals surface area contributed by atoms with Crippen molar-refractivity contribution in [3.63, 3.8) is 0 Å². The molecule has 0 radical (unpaired) electrons. The lowest BCUT2D eigenvalue weighted by Gasteiger charge is -2.17. The molecule has 0 amide bonds. The van der Waals surface area contributed by atoms with Gasteiger partial charge in [-0.25, -0.2) is 0 Å². The average Bonchev–Trinajstić information content (AvgIpc) is 2.81. The van der Waals surface area contributed by atoms with Gasteiger partial charge in [0, 0.05) is 28.8 Å². The molecular weight excluding hydrogens is 256 g/mol. The van der Waals surface area contributed by atoms with Gasteiger partial charge < -0.3 is 5.32 Å². The van der Waals surface area contributed by atoms with Crippen molar-refractivity contribution in [3.8, 4) is 0 Å².